The molecule has 110 valence electrons. The van der Waals surface area contributed by atoms with Crippen molar-refractivity contribution in [3.8, 4) is 5.75 Å². The third-order valence-electron chi connectivity index (χ3n) is 2.85. The Morgan fingerprint density at radius 3 is 2.62 bits per heavy atom. The number of nitrogens with one attached hydrogen (secondary N) is 1. The average Bonchev–Trinajstić information content (AvgIpc) is 2.46. The van der Waals surface area contributed by atoms with Crippen LogP contribution >= 0.6 is 15.9 Å². The van der Waals surface area contributed by atoms with E-state index >= 15 is 0 Å². The fourth-order valence-corrected chi connectivity index (χ4v) is 2.19. The van der Waals surface area contributed by atoms with Crippen molar-refractivity contribution >= 4 is 27.5 Å². The van der Waals surface area contributed by atoms with E-state index in [4.69, 9.17) is 4.74 Å². The SMILES string of the molecule is CC[C@H](Oc1ccc(F)cc1)C(=O)Nc1cccc(Br)c1. The van der Waals surface area contributed by atoms with Crippen molar-refractivity contribution in [2.75, 3.05) is 5.32 Å². The molecular formula is C16H15BrFNO2. The predicted octanol–water partition coefficient (Wildman–Crippen LogP) is 4.38. The molecule has 0 aliphatic carbocycles. The highest BCUT2D eigenvalue weighted by Gasteiger charge is 2.18. The lowest BCUT2D eigenvalue weighted by molar-refractivity contribution is -0.122. The summed E-state index contributed by atoms with van der Waals surface area (Å²) in [5, 5.41) is 2.80. The Bertz CT molecular complexity index is 616. The summed E-state index contributed by atoms with van der Waals surface area (Å²) in [5.41, 5.74) is 0.690. The number of rotatable bonds is 5. The molecule has 0 fully saturated rings. The van der Waals surface area contributed by atoms with Crippen molar-refractivity contribution in [1.82, 2.24) is 0 Å². The van der Waals surface area contributed by atoms with Gasteiger partial charge in [0.2, 0.25) is 0 Å². The fourth-order valence-electron chi connectivity index (χ4n) is 1.79. The van der Waals surface area contributed by atoms with Gasteiger partial charge in [0.1, 0.15) is 11.6 Å². The lowest BCUT2D eigenvalue weighted by Crippen LogP contribution is -2.32. The van der Waals surface area contributed by atoms with Gasteiger partial charge >= 0.3 is 0 Å². The summed E-state index contributed by atoms with van der Waals surface area (Å²) in [6, 6.07) is 12.9. The maximum Gasteiger partial charge on any atom is 0.265 e. The van der Waals surface area contributed by atoms with Gasteiger partial charge in [0.05, 0.1) is 0 Å². The van der Waals surface area contributed by atoms with Crippen LogP contribution in [0, 0.1) is 5.82 Å². The van der Waals surface area contributed by atoms with Crippen LogP contribution in [0.5, 0.6) is 5.75 Å². The van der Waals surface area contributed by atoms with E-state index in [9.17, 15) is 9.18 Å². The summed E-state index contributed by atoms with van der Waals surface area (Å²) in [6.45, 7) is 1.86. The van der Waals surface area contributed by atoms with Gasteiger partial charge in [-0.3, -0.25) is 4.79 Å². The number of ether oxygens (including phenoxy) is 1. The highest BCUT2D eigenvalue weighted by molar-refractivity contribution is 9.10. The van der Waals surface area contributed by atoms with Gasteiger partial charge in [-0.25, -0.2) is 4.39 Å². The Morgan fingerprint density at radius 2 is 2.00 bits per heavy atom. The number of hydrogen-bond donors (Lipinski definition) is 1. The maximum atomic E-state index is 12.9. The standard InChI is InChI=1S/C16H15BrFNO2/c1-2-15(21-14-8-6-12(18)7-9-14)16(20)19-13-5-3-4-11(17)10-13/h3-10,15H,2H2,1H3,(H,19,20)/t15-/m0/s1. The van der Waals surface area contributed by atoms with Crippen LogP contribution < -0.4 is 10.1 Å². The maximum absolute atomic E-state index is 12.9. The molecule has 0 heterocycles. The van der Waals surface area contributed by atoms with Gasteiger partial charge in [-0.15, -0.1) is 0 Å². The van der Waals surface area contributed by atoms with E-state index in [0.717, 1.165) is 4.47 Å². The molecule has 0 saturated carbocycles. The van der Waals surface area contributed by atoms with E-state index < -0.39 is 6.10 Å². The minimum Gasteiger partial charge on any atom is -0.481 e. The van der Waals surface area contributed by atoms with Crippen molar-refractivity contribution in [3.63, 3.8) is 0 Å². The molecule has 2 rings (SSSR count). The van der Waals surface area contributed by atoms with E-state index in [1.165, 1.54) is 24.3 Å². The Labute approximate surface area is 131 Å². The number of carbonyl (C=O) groups excluding carboxylic acids is 1. The normalized spacial score (nSPS) is 11.8. The zero-order chi connectivity index (χ0) is 15.2. The van der Waals surface area contributed by atoms with Crippen LogP contribution in [0.25, 0.3) is 0 Å². The van der Waals surface area contributed by atoms with Crippen LogP contribution in [-0.4, -0.2) is 12.0 Å². The van der Waals surface area contributed by atoms with E-state index in [1.54, 1.807) is 6.07 Å². The molecule has 1 amide bonds. The second kappa shape index (κ2) is 7.22. The predicted molar refractivity (Wildman–Crippen MR) is 83.9 cm³/mol. The van der Waals surface area contributed by atoms with Gasteiger partial charge in [0.25, 0.3) is 5.91 Å². The second-order valence-corrected chi connectivity index (χ2v) is 5.38. The summed E-state index contributed by atoms with van der Waals surface area (Å²) < 4.78 is 19.3. The monoisotopic (exact) mass is 351 g/mol. The van der Waals surface area contributed by atoms with E-state index in [-0.39, 0.29) is 11.7 Å². The van der Waals surface area contributed by atoms with Gasteiger partial charge in [-0.1, -0.05) is 28.9 Å². The summed E-state index contributed by atoms with van der Waals surface area (Å²) in [7, 11) is 0. The molecule has 2 aromatic rings. The lowest BCUT2D eigenvalue weighted by Gasteiger charge is -2.17. The van der Waals surface area contributed by atoms with Crippen molar-refractivity contribution in [1.29, 1.82) is 0 Å². The number of benzene rings is 2. The highest BCUT2D eigenvalue weighted by Crippen LogP contribution is 2.18. The molecule has 0 unspecified atom stereocenters. The number of carbonyl (C=O) groups is 1. The zero-order valence-corrected chi connectivity index (χ0v) is 13.1. The average molecular weight is 352 g/mol. The fraction of sp³-hybridized carbons (Fsp3) is 0.188. The molecule has 0 saturated heterocycles. The molecule has 5 heteroatoms. The smallest absolute Gasteiger partial charge is 0.265 e. The van der Waals surface area contributed by atoms with Crippen LogP contribution in [0.1, 0.15) is 13.3 Å². The third kappa shape index (κ3) is 4.56. The van der Waals surface area contributed by atoms with Gasteiger partial charge in [-0.2, -0.15) is 0 Å². The van der Waals surface area contributed by atoms with E-state index in [2.05, 4.69) is 21.2 Å². The first-order chi connectivity index (χ1) is 10.1. The molecule has 0 radical (unpaired) electrons. The topological polar surface area (TPSA) is 38.3 Å². The van der Waals surface area contributed by atoms with E-state index in [1.807, 2.05) is 25.1 Å². The van der Waals surface area contributed by atoms with Crippen LogP contribution in [0.3, 0.4) is 0 Å². The summed E-state index contributed by atoms with van der Waals surface area (Å²) >= 11 is 3.35. The number of anilines is 1. The first kappa shape index (κ1) is 15.5. The summed E-state index contributed by atoms with van der Waals surface area (Å²) in [6.07, 6.45) is -0.119. The lowest BCUT2D eigenvalue weighted by atomic mass is 10.2. The molecule has 0 aliphatic heterocycles. The second-order valence-electron chi connectivity index (χ2n) is 4.47. The highest BCUT2D eigenvalue weighted by atomic mass is 79.9. The molecule has 0 spiro atoms. The minimum absolute atomic E-state index is 0.236. The Balaban J connectivity index is 2.03. The van der Waals surface area contributed by atoms with Crippen molar-refractivity contribution < 1.29 is 13.9 Å². The number of amides is 1. The quantitative estimate of drug-likeness (QED) is 0.867. The van der Waals surface area contributed by atoms with Crippen molar-refractivity contribution in [3.05, 3.63) is 58.8 Å². The summed E-state index contributed by atoms with van der Waals surface area (Å²) in [4.78, 5) is 12.2. The van der Waals surface area contributed by atoms with Crippen LogP contribution in [0.15, 0.2) is 53.0 Å². The number of hydrogen-bond acceptors (Lipinski definition) is 2. The first-order valence-corrected chi connectivity index (χ1v) is 7.36. The third-order valence-corrected chi connectivity index (χ3v) is 3.34. The van der Waals surface area contributed by atoms with Gasteiger partial charge in [0.15, 0.2) is 6.10 Å². The Hall–Kier alpha value is -1.88. The Morgan fingerprint density at radius 1 is 1.29 bits per heavy atom. The minimum atomic E-state index is -0.630. The van der Waals surface area contributed by atoms with Gasteiger partial charge in [0, 0.05) is 10.2 Å². The largest absolute Gasteiger partial charge is 0.481 e. The van der Waals surface area contributed by atoms with Crippen LogP contribution in [0.2, 0.25) is 0 Å². The first-order valence-electron chi connectivity index (χ1n) is 6.57. The molecule has 2 aromatic carbocycles. The van der Waals surface area contributed by atoms with Crippen LogP contribution in [-0.2, 0) is 4.79 Å². The van der Waals surface area contributed by atoms with Gasteiger partial charge < -0.3 is 10.1 Å². The van der Waals surface area contributed by atoms with Crippen molar-refractivity contribution in [2.45, 2.75) is 19.4 Å². The van der Waals surface area contributed by atoms with Crippen molar-refractivity contribution in [2.24, 2.45) is 0 Å². The molecule has 0 aromatic heterocycles. The molecule has 21 heavy (non-hydrogen) atoms. The number of halogens is 2. The zero-order valence-electron chi connectivity index (χ0n) is 11.5. The Kier molecular flexibility index (Phi) is 5.33. The molecule has 0 bridgehead atoms. The molecule has 0 aliphatic rings. The molecule has 3 nitrogen and oxygen atoms in total. The summed E-state index contributed by atoms with van der Waals surface area (Å²) in [5.74, 6) is -0.110. The van der Waals surface area contributed by atoms with Crippen LogP contribution in [0.4, 0.5) is 10.1 Å². The van der Waals surface area contributed by atoms with Gasteiger partial charge in [-0.05, 0) is 48.9 Å². The molecule has 1 N–H and O–H groups in total. The molecule has 1 atom stereocenters. The van der Waals surface area contributed by atoms with E-state index in [0.29, 0.717) is 17.9 Å². The molecular weight excluding hydrogens is 337 g/mol.